The molecule has 0 amide bonds. The predicted molar refractivity (Wildman–Crippen MR) is 86.8 cm³/mol. The molecule has 0 unspecified atom stereocenters. The fraction of sp³-hybridized carbons (Fsp3) is 0.133. The summed E-state index contributed by atoms with van der Waals surface area (Å²) in [4.78, 5) is 17.4. The van der Waals surface area contributed by atoms with Gasteiger partial charge in [-0.1, -0.05) is 6.07 Å². The first-order valence-electron chi connectivity index (χ1n) is 7.10. The van der Waals surface area contributed by atoms with Crippen LogP contribution in [0.1, 0.15) is 11.4 Å². The monoisotopic (exact) mass is 342 g/mol. The molecule has 3 aromatic heterocycles. The van der Waals surface area contributed by atoms with Crippen molar-refractivity contribution in [2.75, 3.05) is 0 Å². The van der Waals surface area contributed by atoms with Gasteiger partial charge < -0.3 is 0 Å². The van der Waals surface area contributed by atoms with Crippen molar-refractivity contribution < 1.29 is 4.39 Å². The van der Waals surface area contributed by atoms with E-state index in [1.54, 1.807) is 18.2 Å². The van der Waals surface area contributed by atoms with Gasteiger partial charge in [0.25, 0.3) is 5.56 Å². The third-order valence-corrected chi connectivity index (χ3v) is 4.45. The summed E-state index contributed by atoms with van der Waals surface area (Å²) in [5, 5.41) is 13.7. The molecule has 0 fully saturated rings. The second kappa shape index (κ2) is 5.60. The van der Waals surface area contributed by atoms with E-state index in [1.165, 1.54) is 33.0 Å². The lowest BCUT2D eigenvalue weighted by atomic mass is 10.2. The highest BCUT2D eigenvalue weighted by Crippen LogP contribution is 2.16. The Bertz CT molecular complexity index is 1100. The van der Waals surface area contributed by atoms with E-state index in [1.807, 2.05) is 12.3 Å². The van der Waals surface area contributed by atoms with Gasteiger partial charge in [0.2, 0.25) is 0 Å². The minimum Gasteiger partial charge on any atom is -0.291 e. The topological polar surface area (TPSA) is 78.5 Å². The van der Waals surface area contributed by atoms with Crippen LogP contribution in [0.3, 0.4) is 0 Å². The maximum atomic E-state index is 14.1. The number of halogens is 1. The second-order valence-electron chi connectivity index (χ2n) is 5.28. The molecule has 0 aliphatic carbocycles. The van der Waals surface area contributed by atoms with Crippen LogP contribution in [0.5, 0.6) is 0 Å². The van der Waals surface area contributed by atoms with Crippen molar-refractivity contribution in [3.63, 3.8) is 0 Å². The van der Waals surface area contributed by atoms with E-state index < -0.39 is 5.82 Å². The summed E-state index contributed by atoms with van der Waals surface area (Å²) in [6.45, 7) is 1.95. The van der Waals surface area contributed by atoms with Crippen LogP contribution in [0.2, 0.25) is 0 Å². The highest BCUT2D eigenvalue weighted by atomic mass is 32.1. The van der Waals surface area contributed by atoms with E-state index >= 15 is 0 Å². The molecule has 0 spiro atoms. The molecule has 24 heavy (non-hydrogen) atoms. The summed E-state index contributed by atoms with van der Waals surface area (Å²) in [7, 11) is 0. The number of hydrogen-bond donors (Lipinski definition) is 0. The Labute approximate surface area is 139 Å². The van der Waals surface area contributed by atoms with Crippen LogP contribution >= 0.6 is 11.3 Å². The summed E-state index contributed by atoms with van der Waals surface area (Å²) in [6.07, 6.45) is 1.45. The van der Waals surface area contributed by atoms with E-state index in [9.17, 15) is 9.18 Å². The molecule has 4 rings (SSSR count). The number of tetrazole rings is 1. The Balaban J connectivity index is 1.78. The third-order valence-electron chi connectivity index (χ3n) is 3.63. The molecular formula is C15H11FN6OS. The van der Waals surface area contributed by atoms with Crippen molar-refractivity contribution in [1.82, 2.24) is 29.8 Å². The summed E-state index contributed by atoms with van der Waals surface area (Å²) in [6, 6.07) is 6.41. The zero-order valence-corrected chi connectivity index (χ0v) is 13.4. The first-order chi connectivity index (χ1) is 11.6. The molecule has 9 heteroatoms. The number of fused-ring (bicyclic) bond motifs is 1. The summed E-state index contributed by atoms with van der Waals surface area (Å²) >= 11 is 1.40. The number of aryl methyl sites for hydroxylation is 1. The standard InChI is InChI=1S/C15H11FN6OS/c1-9-2-3-11(16)12(6-9)22-13(18-19-20-22)7-21-8-17-14-10(15(21)23)4-5-24-14/h2-6,8H,7H2,1H3. The van der Waals surface area contributed by atoms with Gasteiger partial charge in [-0.25, -0.2) is 9.37 Å². The Morgan fingerprint density at radius 3 is 3.04 bits per heavy atom. The molecule has 0 bridgehead atoms. The van der Waals surface area contributed by atoms with Crippen LogP contribution in [0.25, 0.3) is 15.9 Å². The number of nitrogens with zero attached hydrogens (tertiary/aromatic N) is 6. The van der Waals surface area contributed by atoms with Gasteiger partial charge in [0.05, 0.1) is 18.3 Å². The van der Waals surface area contributed by atoms with Crippen molar-refractivity contribution in [3.05, 3.63) is 63.5 Å². The average molecular weight is 342 g/mol. The first kappa shape index (κ1) is 14.6. The van der Waals surface area contributed by atoms with Gasteiger partial charge in [-0.15, -0.1) is 16.4 Å². The Morgan fingerprint density at radius 2 is 2.17 bits per heavy atom. The molecule has 3 heterocycles. The van der Waals surface area contributed by atoms with Gasteiger partial charge in [0.15, 0.2) is 5.82 Å². The summed E-state index contributed by atoms with van der Waals surface area (Å²) in [5.74, 6) is -0.0918. The molecule has 0 aliphatic rings. The molecule has 0 saturated heterocycles. The molecular weight excluding hydrogens is 331 g/mol. The number of aromatic nitrogens is 6. The van der Waals surface area contributed by atoms with Gasteiger partial charge in [-0.2, -0.15) is 4.68 Å². The largest absolute Gasteiger partial charge is 0.291 e. The van der Waals surface area contributed by atoms with Crippen molar-refractivity contribution in [1.29, 1.82) is 0 Å². The number of benzene rings is 1. The first-order valence-corrected chi connectivity index (χ1v) is 7.98. The molecule has 0 saturated carbocycles. The van der Waals surface area contributed by atoms with Gasteiger partial charge in [0.1, 0.15) is 16.3 Å². The second-order valence-corrected chi connectivity index (χ2v) is 6.17. The highest BCUT2D eigenvalue weighted by Gasteiger charge is 2.14. The molecule has 1 aromatic carbocycles. The SMILES string of the molecule is Cc1ccc(F)c(-n2nnnc2Cn2cnc3sccc3c2=O)c1. The van der Waals surface area contributed by atoms with Crippen LogP contribution in [-0.2, 0) is 6.54 Å². The zero-order valence-electron chi connectivity index (χ0n) is 12.5. The minimum atomic E-state index is -0.437. The van der Waals surface area contributed by atoms with Gasteiger partial charge in [-0.05, 0) is 46.5 Å². The number of hydrogen-bond acceptors (Lipinski definition) is 6. The fourth-order valence-electron chi connectivity index (χ4n) is 2.43. The van der Waals surface area contributed by atoms with Gasteiger partial charge >= 0.3 is 0 Å². The number of thiophene rings is 1. The minimum absolute atomic E-state index is 0.0952. The van der Waals surface area contributed by atoms with Crippen LogP contribution in [0.15, 0.2) is 40.8 Å². The van der Waals surface area contributed by atoms with Crippen molar-refractivity contribution in [3.8, 4) is 5.69 Å². The smallest absolute Gasteiger partial charge is 0.262 e. The molecule has 0 N–H and O–H groups in total. The average Bonchev–Trinajstić information content (AvgIpc) is 3.22. The van der Waals surface area contributed by atoms with E-state index in [4.69, 9.17) is 0 Å². The van der Waals surface area contributed by atoms with E-state index in [0.717, 1.165) is 5.56 Å². The fourth-order valence-corrected chi connectivity index (χ4v) is 3.16. The molecule has 0 radical (unpaired) electrons. The molecule has 7 nitrogen and oxygen atoms in total. The van der Waals surface area contributed by atoms with Crippen LogP contribution in [0.4, 0.5) is 4.39 Å². The van der Waals surface area contributed by atoms with E-state index in [-0.39, 0.29) is 17.8 Å². The van der Waals surface area contributed by atoms with Crippen molar-refractivity contribution in [2.24, 2.45) is 0 Å². The lowest BCUT2D eigenvalue weighted by Crippen LogP contribution is -2.22. The quantitative estimate of drug-likeness (QED) is 0.568. The zero-order chi connectivity index (χ0) is 16.7. The van der Waals surface area contributed by atoms with Crippen LogP contribution in [0, 0.1) is 12.7 Å². The summed E-state index contributed by atoms with van der Waals surface area (Å²) < 4.78 is 16.8. The van der Waals surface area contributed by atoms with Crippen molar-refractivity contribution in [2.45, 2.75) is 13.5 Å². The van der Waals surface area contributed by atoms with E-state index in [0.29, 0.717) is 16.0 Å². The molecule has 0 aliphatic heterocycles. The lowest BCUT2D eigenvalue weighted by molar-refractivity contribution is 0.595. The van der Waals surface area contributed by atoms with Crippen molar-refractivity contribution >= 4 is 21.6 Å². The predicted octanol–water partition coefficient (Wildman–Crippen LogP) is 1.93. The molecule has 0 atom stereocenters. The van der Waals surface area contributed by atoms with Crippen LogP contribution < -0.4 is 5.56 Å². The molecule has 4 aromatic rings. The number of rotatable bonds is 3. The lowest BCUT2D eigenvalue weighted by Gasteiger charge is -2.08. The van der Waals surface area contributed by atoms with Gasteiger partial charge in [0, 0.05) is 0 Å². The Kier molecular flexibility index (Phi) is 3.42. The summed E-state index contributed by atoms with van der Waals surface area (Å²) in [5.41, 5.74) is 0.944. The Morgan fingerprint density at radius 1 is 1.29 bits per heavy atom. The Hall–Kier alpha value is -2.94. The molecule has 120 valence electrons. The third kappa shape index (κ3) is 2.38. The van der Waals surface area contributed by atoms with Crippen LogP contribution in [-0.4, -0.2) is 29.8 Å². The highest BCUT2D eigenvalue weighted by molar-refractivity contribution is 7.16. The van der Waals surface area contributed by atoms with Gasteiger partial charge in [-0.3, -0.25) is 9.36 Å². The maximum Gasteiger partial charge on any atom is 0.262 e. The normalized spacial score (nSPS) is 11.2. The maximum absolute atomic E-state index is 14.1. The van der Waals surface area contributed by atoms with E-state index in [2.05, 4.69) is 20.5 Å².